The Morgan fingerprint density at radius 3 is 2.15 bits per heavy atom. The zero-order chi connectivity index (χ0) is 9.53. The van der Waals surface area contributed by atoms with Gasteiger partial charge in [0.15, 0.2) is 0 Å². The highest BCUT2D eigenvalue weighted by molar-refractivity contribution is 5.05. The van der Waals surface area contributed by atoms with Gasteiger partial charge in [-0.3, -0.25) is 0 Å². The van der Waals surface area contributed by atoms with Crippen LogP contribution in [-0.4, -0.2) is 25.1 Å². The summed E-state index contributed by atoms with van der Waals surface area (Å²) in [5, 5.41) is 3.18. The molecule has 76 valence electrons. The van der Waals surface area contributed by atoms with Crippen LogP contribution in [0.15, 0.2) is 0 Å². The highest BCUT2D eigenvalue weighted by Gasteiger charge is 2.56. The number of rotatable bonds is 0. The smallest absolute Gasteiger partial charge is 0.263 e. The van der Waals surface area contributed by atoms with Gasteiger partial charge in [-0.25, -0.2) is 8.78 Å². The van der Waals surface area contributed by atoms with Crippen LogP contribution in [0.3, 0.4) is 0 Å². The number of nitrogens with one attached hydrogen (secondary N) is 1. The van der Waals surface area contributed by atoms with Gasteiger partial charge < -0.3 is 11.1 Å². The molecule has 1 saturated carbocycles. The van der Waals surface area contributed by atoms with Crippen molar-refractivity contribution < 1.29 is 8.78 Å². The second-order valence-corrected chi connectivity index (χ2v) is 4.35. The molecule has 0 amide bonds. The van der Waals surface area contributed by atoms with Crippen LogP contribution in [0.2, 0.25) is 0 Å². The summed E-state index contributed by atoms with van der Waals surface area (Å²) in [5.74, 6) is -2.63. The lowest BCUT2D eigenvalue weighted by Gasteiger charge is -2.38. The summed E-state index contributed by atoms with van der Waals surface area (Å²) in [4.78, 5) is 0. The van der Waals surface area contributed by atoms with Gasteiger partial charge in [0.25, 0.3) is 5.92 Å². The van der Waals surface area contributed by atoms with Crippen LogP contribution < -0.4 is 11.1 Å². The van der Waals surface area contributed by atoms with Crippen molar-refractivity contribution in [1.29, 1.82) is 0 Å². The molecule has 0 bridgehead atoms. The maximum absolute atomic E-state index is 13.2. The van der Waals surface area contributed by atoms with Crippen LogP contribution in [0.1, 0.15) is 25.7 Å². The predicted molar refractivity (Wildman–Crippen MR) is 46.7 cm³/mol. The van der Waals surface area contributed by atoms with Crippen molar-refractivity contribution in [2.24, 2.45) is 11.1 Å². The van der Waals surface area contributed by atoms with E-state index in [1.807, 2.05) is 0 Å². The molecule has 1 unspecified atom stereocenters. The van der Waals surface area contributed by atoms with E-state index >= 15 is 0 Å². The van der Waals surface area contributed by atoms with Gasteiger partial charge in [-0.15, -0.1) is 0 Å². The first-order valence-corrected chi connectivity index (χ1v) is 4.91. The minimum Gasteiger partial charge on any atom is -0.322 e. The third kappa shape index (κ3) is 1.36. The molecule has 0 radical (unpaired) electrons. The zero-order valence-electron chi connectivity index (χ0n) is 7.65. The van der Waals surface area contributed by atoms with E-state index in [2.05, 4.69) is 5.32 Å². The molecular formula is C9H16F2N2. The van der Waals surface area contributed by atoms with Crippen LogP contribution in [0.5, 0.6) is 0 Å². The second-order valence-electron chi connectivity index (χ2n) is 4.35. The Kier molecular flexibility index (Phi) is 2.07. The minimum absolute atomic E-state index is 0.0197. The topological polar surface area (TPSA) is 38.0 Å². The number of piperidine rings is 1. The van der Waals surface area contributed by atoms with Crippen molar-refractivity contribution in [1.82, 2.24) is 5.32 Å². The first kappa shape index (κ1) is 9.34. The third-order valence-corrected chi connectivity index (χ3v) is 3.67. The van der Waals surface area contributed by atoms with Gasteiger partial charge in [0.2, 0.25) is 0 Å². The summed E-state index contributed by atoms with van der Waals surface area (Å²) in [5.41, 5.74) is 5.38. The Hall–Kier alpha value is -0.220. The van der Waals surface area contributed by atoms with Gasteiger partial charge >= 0.3 is 0 Å². The Bertz CT molecular complexity index is 200. The summed E-state index contributed by atoms with van der Waals surface area (Å²) < 4.78 is 26.4. The molecule has 1 spiro atoms. The van der Waals surface area contributed by atoms with E-state index in [4.69, 9.17) is 5.73 Å². The number of nitrogens with two attached hydrogens (primary N) is 1. The van der Waals surface area contributed by atoms with Gasteiger partial charge in [0.1, 0.15) is 0 Å². The molecule has 2 rings (SSSR count). The van der Waals surface area contributed by atoms with E-state index in [9.17, 15) is 8.78 Å². The van der Waals surface area contributed by atoms with E-state index in [1.54, 1.807) is 0 Å². The molecule has 1 heterocycles. The molecule has 4 heteroatoms. The van der Waals surface area contributed by atoms with Crippen LogP contribution in [0.25, 0.3) is 0 Å². The first-order valence-electron chi connectivity index (χ1n) is 4.91. The maximum Gasteiger partial charge on any atom is 0.263 e. The molecule has 2 nitrogen and oxygen atoms in total. The van der Waals surface area contributed by atoms with Gasteiger partial charge in [-0.2, -0.15) is 0 Å². The second kappa shape index (κ2) is 2.89. The lowest BCUT2D eigenvalue weighted by molar-refractivity contribution is -0.0287. The summed E-state index contributed by atoms with van der Waals surface area (Å²) >= 11 is 0. The quantitative estimate of drug-likeness (QED) is 0.600. The maximum atomic E-state index is 13.2. The Morgan fingerprint density at radius 2 is 1.69 bits per heavy atom. The van der Waals surface area contributed by atoms with Gasteiger partial charge in [-0.1, -0.05) is 0 Å². The summed E-state index contributed by atoms with van der Waals surface area (Å²) in [6.07, 6.45) is 2.20. The molecule has 0 aromatic carbocycles. The normalized spacial score (nSPS) is 36.7. The van der Waals surface area contributed by atoms with E-state index in [0.717, 1.165) is 25.9 Å². The molecule has 2 aliphatic rings. The SMILES string of the molecule is NC1C(F)(F)CCC12CCNCC2. The lowest BCUT2D eigenvalue weighted by atomic mass is 9.74. The van der Waals surface area contributed by atoms with Crippen molar-refractivity contribution in [3.8, 4) is 0 Å². The molecule has 13 heavy (non-hydrogen) atoms. The summed E-state index contributed by atoms with van der Waals surface area (Å²) in [6, 6.07) is -0.915. The summed E-state index contributed by atoms with van der Waals surface area (Å²) in [7, 11) is 0. The van der Waals surface area contributed by atoms with Crippen molar-refractivity contribution >= 4 is 0 Å². The molecule has 1 atom stereocenters. The van der Waals surface area contributed by atoms with Crippen LogP contribution in [0, 0.1) is 5.41 Å². The minimum atomic E-state index is -2.63. The van der Waals surface area contributed by atoms with E-state index < -0.39 is 12.0 Å². The van der Waals surface area contributed by atoms with Crippen LogP contribution >= 0.6 is 0 Å². The number of halogens is 2. The highest BCUT2D eigenvalue weighted by Crippen LogP contribution is 2.50. The monoisotopic (exact) mass is 190 g/mol. The van der Waals surface area contributed by atoms with Gasteiger partial charge in [0.05, 0.1) is 6.04 Å². The van der Waals surface area contributed by atoms with Gasteiger partial charge in [0, 0.05) is 6.42 Å². The number of alkyl halides is 2. The van der Waals surface area contributed by atoms with E-state index in [1.165, 1.54) is 0 Å². The highest BCUT2D eigenvalue weighted by atomic mass is 19.3. The predicted octanol–water partition coefficient (Wildman–Crippen LogP) is 1.11. The van der Waals surface area contributed by atoms with Crippen LogP contribution in [-0.2, 0) is 0 Å². The number of hydrogen-bond acceptors (Lipinski definition) is 2. The molecule has 1 aliphatic carbocycles. The van der Waals surface area contributed by atoms with Crippen molar-refractivity contribution in [2.75, 3.05) is 13.1 Å². The zero-order valence-corrected chi connectivity index (χ0v) is 7.65. The molecule has 0 aromatic rings. The average molecular weight is 190 g/mol. The first-order chi connectivity index (χ1) is 6.07. The Morgan fingerprint density at radius 1 is 1.08 bits per heavy atom. The standard InChI is InChI=1S/C9H16F2N2/c10-9(11)2-1-8(7(9)12)3-5-13-6-4-8/h7,13H,1-6,12H2. The molecule has 2 fully saturated rings. The molecule has 3 N–H and O–H groups in total. The van der Waals surface area contributed by atoms with E-state index in [0.29, 0.717) is 6.42 Å². The molecular weight excluding hydrogens is 174 g/mol. The Labute approximate surface area is 76.9 Å². The Balaban J connectivity index is 2.15. The lowest BCUT2D eigenvalue weighted by Crippen LogP contribution is -2.51. The molecule has 0 aromatic heterocycles. The molecule has 1 aliphatic heterocycles. The molecule has 1 saturated heterocycles. The van der Waals surface area contributed by atoms with Crippen LogP contribution in [0.4, 0.5) is 8.78 Å². The largest absolute Gasteiger partial charge is 0.322 e. The summed E-state index contributed by atoms with van der Waals surface area (Å²) in [6.45, 7) is 1.67. The van der Waals surface area contributed by atoms with E-state index in [-0.39, 0.29) is 11.8 Å². The average Bonchev–Trinajstić information content (AvgIpc) is 2.33. The number of hydrogen-bond donors (Lipinski definition) is 2. The fourth-order valence-corrected chi connectivity index (χ4v) is 2.66. The van der Waals surface area contributed by atoms with Gasteiger partial charge in [-0.05, 0) is 37.8 Å². The fourth-order valence-electron chi connectivity index (χ4n) is 2.66. The van der Waals surface area contributed by atoms with Crippen molar-refractivity contribution in [3.05, 3.63) is 0 Å². The fraction of sp³-hybridized carbons (Fsp3) is 1.00. The van der Waals surface area contributed by atoms with Crippen molar-refractivity contribution in [2.45, 2.75) is 37.6 Å². The van der Waals surface area contributed by atoms with Crippen molar-refractivity contribution in [3.63, 3.8) is 0 Å². The third-order valence-electron chi connectivity index (χ3n) is 3.67.